The molecule has 8 nitrogen and oxygen atoms in total. The van der Waals surface area contributed by atoms with Gasteiger partial charge in [-0.05, 0) is 109 Å². The molecule has 3 atom stereocenters. The molecule has 0 aliphatic carbocycles. The van der Waals surface area contributed by atoms with Crippen LogP contribution in [-0.4, -0.2) is 73.4 Å². The SMILES string of the molecule is CC/C=C\C/C=C\C/C=C\C/C=C\C/C=C\C/C=C\C/C=C\C/C=C\C/C=C\C/C=C\CCCCCCCCCCCCC(=O)NC(COP(=O)(O)OCC[N+](C)(C)C)C(O)/C=C/CC/C=C/CCCCCC. The van der Waals surface area contributed by atoms with Crippen molar-refractivity contribution in [2.24, 2.45) is 0 Å². The summed E-state index contributed by atoms with van der Waals surface area (Å²) in [6, 6.07) is -0.873. The molecule has 0 aliphatic rings. The molecule has 1 amide bonds. The van der Waals surface area contributed by atoms with Crippen LogP contribution in [0.4, 0.5) is 0 Å². The summed E-state index contributed by atoms with van der Waals surface area (Å²) in [5, 5.41) is 13.8. The van der Waals surface area contributed by atoms with Crippen molar-refractivity contribution in [3.63, 3.8) is 0 Å². The normalized spacial score (nSPS) is 15.0. The molecule has 0 saturated heterocycles. The van der Waals surface area contributed by atoms with E-state index in [2.05, 4.69) is 153 Å². The number of rotatable bonds is 50. The van der Waals surface area contributed by atoms with Crippen LogP contribution in [0, 0.1) is 0 Å². The third-order valence-electron chi connectivity index (χ3n) is 11.8. The molecule has 9 heteroatoms. The summed E-state index contributed by atoms with van der Waals surface area (Å²) in [5.41, 5.74) is 0. The second kappa shape index (κ2) is 53.2. The van der Waals surface area contributed by atoms with Gasteiger partial charge in [-0.15, -0.1) is 0 Å². The Morgan fingerprint density at radius 2 is 0.836 bits per heavy atom. The van der Waals surface area contributed by atoms with Gasteiger partial charge in [-0.1, -0.05) is 230 Å². The fourth-order valence-electron chi connectivity index (χ4n) is 7.32. The average Bonchev–Trinajstić information content (AvgIpc) is 3.35. The highest BCUT2D eigenvalue weighted by molar-refractivity contribution is 7.47. The molecule has 0 fully saturated rings. The Bertz CT molecular complexity index is 1690. The van der Waals surface area contributed by atoms with Gasteiger partial charge in [0.1, 0.15) is 13.2 Å². The van der Waals surface area contributed by atoms with Crippen LogP contribution in [0.2, 0.25) is 0 Å². The fourth-order valence-corrected chi connectivity index (χ4v) is 8.05. The molecule has 0 radical (unpaired) electrons. The molecule has 0 heterocycles. The Kier molecular flexibility index (Phi) is 50.6. The van der Waals surface area contributed by atoms with Gasteiger partial charge in [0.15, 0.2) is 0 Å². The van der Waals surface area contributed by atoms with Crippen LogP contribution in [0.25, 0.3) is 0 Å². The topological polar surface area (TPSA) is 105 Å². The van der Waals surface area contributed by atoms with Crippen molar-refractivity contribution in [1.82, 2.24) is 5.32 Å². The van der Waals surface area contributed by atoms with E-state index in [4.69, 9.17) is 9.05 Å². The Balaban J connectivity index is 4.05. The number of nitrogens with zero attached hydrogens (tertiary/aromatic N) is 1. The number of quaternary nitrogens is 1. The predicted octanol–water partition coefficient (Wildman–Crippen LogP) is 17.7. The van der Waals surface area contributed by atoms with Gasteiger partial charge in [-0.25, -0.2) is 4.57 Å². The zero-order valence-corrected chi connectivity index (χ0v) is 48.0. The van der Waals surface area contributed by atoms with E-state index >= 15 is 0 Å². The quantitative estimate of drug-likeness (QED) is 0.0243. The predicted molar refractivity (Wildman–Crippen MR) is 317 cm³/mol. The first kappa shape index (κ1) is 69.4. The van der Waals surface area contributed by atoms with E-state index in [9.17, 15) is 19.4 Å². The molecule has 0 rings (SSSR count). The second-order valence-corrected chi connectivity index (χ2v) is 21.4. The second-order valence-electron chi connectivity index (χ2n) is 19.9. The number of carbonyl (C=O) groups is 1. The van der Waals surface area contributed by atoms with E-state index < -0.39 is 20.0 Å². The molecular weight excluding hydrogens is 924 g/mol. The fraction of sp³-hybridized carbons (Fsp3) is 0.609. The van der Waals surface area contributed by atoms with Crippen LogP contribution >= 0.6 is 7.82 Å². The minimum absolute atomic E-state index is 0.0482. The van der Waals surface area contributed by atoms with Crippen LogP contribution < -0.4 is 5.32 Å². The third-order valence-corrected chi connectivity index (χ3v) is 12.8. The van der Waals surface area contributed by atoms with Gasteiger partial charge >= 0.3 is 7.82 Å². The van der Waals surface area contributed by atoms with Crippen LogP contribution in [0.3, 0.4) is 0 Å². The van der Waals surface area contributed by atoms with Crippen molar-refractivity contribution >= 4 is 13.7 Å². The minimum Gasteiger partial charge on any atom is -0.387 e. The lowest BCUT2D eigenvalue weighted by Gasteiger charge is -2.25. The van der Waals surface area contributed by atoms with Crippen LogP contribution in [-0.2, 0) is 18.4 Å². The Labute approximate surface area is 449 Å². The zero-order chi connectivity index (χ0) is 53.5. The van der Waals surface area contributed by atoms with E-state index in [1.54, 1.807) is 6.08 Å². The molecule has 0 saturated carbocycles. The number of aliphatic hydroxyl groups is 1. The molecule has 0 aromatic heterocycles. The van der Waals surface area contributed by atoms with Crippen LogP contribution in [0.5, 0.6) is 0 Å². The first-order valence-electron chi connectivity index (χ1n) is 28.7. The van der Waals surface area contributed by atoms with E-state index in [0.717, 1.165) is 109 Å². The minimum atomic E-state index is -4.36. The van der Waals surface area contributed by atoms with E-state index in [1.807, 2.05) is 27.2 Å². The zero-order valence-electron chi connectivity index (χ0n) is 47.1. The van der Waals surface area contributed by atoms with Crippen molar-refractivity contribution in [1.29, 1.82) is 0 Å². The highest BCUT2D eigenvalue weighted by Gasteiger charge is 2.27. The smallest absolute Gasteiger partial charge is 0.387 e. The number of amides is 1. The Morgan fingerprint density at radius 1 is 0.479 bits per heavy atom. The number of unbranched alkanes of at least 4 members (excludes halogenated alkanes) is 15. The average molecular weight is 1030 g/mol. The molecule has 0 aliphatic heterocycles. The molecule has 3 N–H and O–H groups in total. The van der Waals surface area contributed by atoms with Crippen molar-refractivity contribution in [2.75, 3.05) is 40.9 Å². The first-order chi connectivity index (χ1) is 35.5. The lowest BCUT2D eigenvalue weighted by atomic mass is 10.0. The highest BCUT2D eigenvalue weighted by atomic mass is 31.2. The van der Waals surface area contributed by atoms with Gasteiger partial charge < -0.3 is 19.8 Å². The lowest BCUT2D eigenvalue weighted by Crippen LogP contribution is -2.45. The molecule has 0 bridgehead atoms. The van der Waals surface area contributed by atoms with Crippen molar-refractivity contribution < 1.29 is 32.9 Å². The summed E-state index contributed by atoms with van der Waals surface area (Å²) in [5.74, 6) is -0.201. The van der Waals surface area contributed by atoms with E-state index in [0.29, 0.717) is 17.4 Å². The standard InChI is InChI=1S/C64H107N2O6P/c1-6-8-10-12-14-16-18-19-20-21-22-23-24-25-26-27-28-29-30-31-32-33-34-35-36-37-38-39-40-41-42-43-44-45-46-47-48-50-52-54-56-58-64(68)65-62(61-72-73(69,70)71-60-59-66(3,4)5)63(67)57-55-53-51-49-17-15-13-11-9-7-2/h8,10,14,16-17,19-20,22-23,25-26,28-29,31-32,34-35,37-38,40-41,49,55,57,62-63,67H,6-7,9,11-13,15,18,21,24,27,30,33,36,39,42-48,50-54,56,58-61H2,1-5H3,(H-,65,68,69,70)/p+1/b10-8-,16-14-,20-19-,23-22-,26-25-,29-28-,32-31-,35-34-,38-37-,41-40-,49-17+,57-55+. The monoisotopic (exact) mass is 1030 g/mol. The summed E-state index contributed by atoms with van der Waals surface area (Å²) in [6.45, 7) is 4.61. The van der Waals surface area contributed by atoms with Crippen molar-refractivity contribution in [3.05, 3.63) is 146 Å². The van der Waals surface area contributed by atoms with Crippen LogP contribution in [0.15, 0.2) is 146 Å². The first-order valence-corrected chi connectivity index (χ1v) is 30.2. The summed E-state index contributed by atoms with van der Waals surface area (Å²) in [4.78, 5) is 23.2. The van der Waals surface area contributed by atoms with Gasteiger partial charge in [0.05, 0.1) is 39.9 Å². The van der Waals surface area contributed by atoms with Crippen molar-refractivity contribution in [2.45, 2.75) is 212 Å². The maximum absolute atomic E-state index is 12.9. The number of aliphatic hydroxyl groups excluding tert-OH is 1. The number of phosphoric acid groups is 1. The van der Waals surface area contributed by atoms with Gasteiger partial charge in [0.25, 0.3) is 0 Å². The Hall–Kier alpha value is -3.62. The third kappa shape index (κ3) is 56.0. The number of hydrogen-bond donors (Lipinski definition) is 3. The Morgan fingerprint density at radius 3 is 1.26 bits per heavy atom. The summed E-state index contributed by atoms with van der Waals surface area (Å²) in [7, 11) is 1.53. The van der Waals surface area contributed by atoms with Gasteiger partial charge in [-0.3, -0.25) is 13.8 Å². The maximum Gasteiger partial charge on any atom is 0.472 e. The van der Waals surface area contributed by atoms with Crippen molar-refractivity contribution in [3.8, 4) is 0 Å². The number of likely N-dealkylation sites (N-methyl/N-ethyl adjacent to an activating group) is 1. The van der Waals surface area contributed by atoms with Gasteiger partial charge in [0, 0.05) is 6.42 Å². The van der Waals surface area contributed by atoms with E-state index in [1.165, 1.54) is 70.6 Å². The molecule has 73 heavy (non-hydrogen) atoms. The molecule has 0 aromatic rings. The number of nitrogens with one attached hydrogen (secondary N) is 1. The molecule has 0 spiro atoms. The van der Waals surface area contributed by atoms with Gasteiger partial charge in [-0.2, -0.15) is 0 Å². The van der Waals surface area contributed by atoms with Gasteiger partial charge in [0.2, 0.25) is 5.91 Å². The largest absolute Gasteiger partial charge is 0.472 e. The number of allylic oxidation sites excluding steroid dienone is 23. The summed E-state index contributed by atoms with van der Waals surface area (Å²) in [6.07, 6.45) is 82.6. The summed E-state index contributed by atoms with van der Waals surface area (Å²) >= 11 is 0. The highest BCUT2D eigenvalue weighted by Crippen LogP contribution is 2.43. The van der Waals surface area contributed by atoms with Crippen LogP contribution in [0.1, 0.15) is 200 Å². The molecular formula is C64H108N2O6P+. The van der Waals surface area contributed by atoms with E-state index in [-0.39, 0.29) is 19.1 Å². The summed E-state index contributed by atoms with van der Waals surface area (Å²) < 4.78 is 23.6. The number of phosphoric ester groups is 1. The maximum atomic E-state index is 12.9. The molecule has 0 aromatic carbocycles. The molecule has 414 valence electrons. The number of carbonyl (C=O) groups excluding carboxylic acids is 1. The number of hydrogen-bond acceptors (Lipinski definition) is 5. The molecule has 3 unspecified atom stereocenters. The lowest BCUT2D eigenvalue weighted by molar-refractivity contribution is -0.870.